The fourth-order valence-electron chi connectivity index (χ4n) is 3.43. The van der Waals surface area contributed by atoms with Crippen molar-refractivity contribution in [2.75, 3.05) is 38.2 Å². The van der Waals surface area contributed by atoms with E-state index in [2.05, 4.69) is 17.9 Å². The van der Waals surface area contributed by atoms with Gasteiger partial charge in [-0.05, 0) is 43.2 Å². The molecule has 1 aliphatic heterocycles. The van der Waals surface area contributed by atoms with Gasteiger partial charge in [0.15, 0.2) is 0 Å². The molecule has 0 aliphatic carbocycles. The van der Waals surface area contributed by atoms with Crippen LogP contribution in [0, 0.1) is 13.8 Å². The zero-order valence-corrected chi connectivity index (χ0v) is 15.6. The number of carbonyl (C=O) groups excluding carboxylic acids is 1. The van der Waals surface area contributed by atoms with Crippen LogP contribution in [0.5, 0.6) is 5.75 Å². The van der Waals surface area contributed by atoms with Crippen LogP contribution in [0.3, 0.4) is 0 Å². The number of carbonyl (C=O) groups is 1. The van der Waals surface area contributed by atoms with Gasteiger partial charge in [-0.25, -0.2) is 0 Å². The highest BCUT2D eigenvalue weighted by atomic mass is 35.5. The van der Waals surface area contributed by atoms with Gasteiger partial charge >= 0.3 is 0 Å². The number of rotatable bonds is 3. The van der Waals surface area contributed by atoms with Gasteiger partial charge in [0.25, 0.3) is 5.91 Å². The van der Waals surface area contributed by atoms with Crippen LogP contribution in [0.15, 0.2) is 36.4 Å². The van der Waals surface area contributed by atoms with Crippen molar-refractivity contribution >= 4 is 23.2 Å². The van der Waals surface area contributed by atoms with Gasteiger partial charge in [0.2, 0.25) is 0 Å². The normalized spacial score (nSPS) is 14.6. The molecule has 3 rings (SSSR count). The van der Waals surface area contributed by atoms with Crippen LogP contribution in [0.25, 0.3) is 0 Å². The molecule has 1 heterocycles. The number of piperazine rings is 1. The number of halogens is 1. The molecule has 1 amide bonds. The summed E-state index contributed by atoms with van der Waals surface area (Å²) >= 11 is 6.46. The van der Waals surface area contributed by atoms with Crippen molar-refractivity contribution in [1.82, 2.24) is 4.90 Å². The van der Waals surface area contributed by atoms with E-state index in [0.29, 0.717) is 24.4 Å². The lowest BCUT2D eigenvalue weighted by molar-refractivity contribution is 0.0743. The van der Waals surface area contributed by atoms with E-state index >= 15 is 0 Å². The van der Waals surface area contributed by atoms with Crippen LogP contribution in [-0.2, 0) is 0 Å². The average Bonchev–Trinajstić information content (AvgIpc) is 2.61. The largest absolute Gasteiger partial charge is 0.496 e. The van der Waals surface area contributed by atoms with E-state index in [0.717, 1.165) is 29.4 Å². The summed E-state index contributed by atoms with van der Waals surface area (Å²) in [6.45, 7) is 7.00. The molecule has 0 bridgehead atoms. The summed E-state index contributed by atoms with van der Waals surface area (Å²) in [6, 6.07) is 11.5. The van der Waals surface area contributed by atoms with Gasteiger partial charge in [-0.1, -0.05) is 29.8 Å². The van der Waals surface area contributed by atoms with Crippen molar-refractivity contribution in [2.24, 2.45) is 0 Å². The third-order valence-corrected chi connectivity index (χ3v) is 4.91. The molecule has 0 N–H and O–H groups in total. The predicted octanol–water partition coefficient (Wildman–Crippen LogP) is 3.93. The highest BCUT2D eigenvalue weighted by Gasteiger charge is 2.25. The first-order valence-electron chi connectivity index (χ1n) is 8.45. The summed E-state index contributed by atoms with van der Waals surface area (Å²) in [5.74, 6) is 0.635. The van der Waals surface area contributed by atoms with Crippen molar-refractivity contribution in [2.45, 2.75) is 13.8 Å². The van der Waals surface area contributed by atoms with Gasteiger partial charge in [-0.2, -0.15) is 0 Å². The van der Waals surface area contributed by atoms with E-state index in [1.165, 1.54) is 5.56 Å². The maximum Gasteiger partial charge on any atom is 0.257 e. The summed E-state index contributed by atoms with van der Waals surface area (Å²) in [5.41, 5.74) is 4.03. The van der Waals surface area contributed by atoms with Crippen molar-refractivity contribution < 1.29 is 9.53 Å². The Bertz CT molecular complexity index is 760. The van der Waals surface area contributed by atoms with Crippen LogP contribution in [0.4, 0.5) is 5.69 Å². The van der Waals surface area contributed by atoms with Crippen LogP contribution < -0.4 is 9.64 Å². The molecule has 132 valence electrons. The first kappa shape index (κ1) is 17.6. The Kier molecular flexibility index (Phi) is 5.19. The highest BCUT2D eigenvalue weighted by Crippen LogP contribution is 2.32. The number of hydrogen-bond donors (Lipinski definition) is 0. The molecular formula is C20H23ClN2O2. The summed E-state index contributed by atoms with van der Waals surface area (Å²) in [4.78, 5) is 17.0. The minimum atomic E-state index is 0.0174. The van der Waals surface area contributed by atoms with E-state index in [1.807, 2.05) is 42.2 Å². The first-order valence-corrected chi connectivity index (χ1v) is 8.83. The quantitative estimate of drug-likeness (QED) is 0.833. The molecule has 2 aromatic carbocycles. The second-order valence-corrected chi connectivity index (χ2v) is 6.80. The molecule has 0 unspecified atom stereocenters. The lowest BCUT2D eigenvalue weighted by Crippen LogP contribution is -2.49. The van der Waals surface area contributed by atoms with E-state index in [-0.39, 0.29) is 5.91 Å². The molecule has 0 atom stereocenters. The smallest absolute Gasteiger partial charge is 0.257 e. The molecule has 0 saturated carbocycles. The molecular weight excluding hydrogens is 336 g/mol. The third kappa shape index (κ3) is 3.59. The Labute approximate surface area is 154 Å². The molecule has 1 saturated heterocycles. The topological polar surface area (TPSA) is 32.8 Å². The fourth-order valence-corrected chi connectivity index (χ4v) is 3.87. The molecule has 1 aliphatic rings. The number of para-hydroxylation sites is 1. The van der Waals surface area contributed by atoms with E-state index in [1.54, 1.807) is 7.11 Å². The van der Waals surface area contributed by atoms with Gasteiger partial charge < -0.3 is 14.5 Å². The summed E-state index contributed by atoms with van der Waals surface area (Å²) in [5, 5.41) is 0.780. The van der Waals surface area contributed by atoms with Crippen molar-refractivity contribution in [3.05, 3.63) is 58.1 Å². The minimum Gasteiger partial charge on any atom is -0.496 e. The Morgan fingerprint density at radius 2 is 1.76 bits per heavy atom. The Balaban J connectivity index is 1.73. The molecule has 2 aromatic rings. The molecule has 1 fully saturated rings. The third-order valence-electron chi connectivity index (χ3n) is 4.62. The number of aryl methyl sites for hydroxylation is 2. The first-order chi connectivity index (χ1) is 12.0. The molecule has 5 heteroatoms. The fraction of sp³-hybridized carbons (Fsp3) is 0.350. The number of nitrogens with zero attached hydrogens (tertiary/aromatic N) is 2. The van der Waals surface area contributed by atoms with Crippen molar-refractivity contribution in [3.63, 3.8) is 0 Å². The van der Waals surface area contributed by atoms with E-state index in [4.69, 9.17) is 16.3 Å². The van der Waals surface area contributed by atoms with Crippen molar-refractivity contribution in [3.8, 4) is 5.75 Å². The van der Waals surface area contributed by atoms with Crippen LogP contribution >= 0.6 is 11.6 Å². The molecule has 25 heavy (non-hydrogen) atoms. The van der Waals surface area contributed by atoms with Crippen LogP contribution in [0.2, 0.25) is 5.02 Å². The molecule has 0 aromatic heterocycles. The highest BCUT2D eigenvalue weighted by molar-refractivity contribution is 6.33. The van der Waals surface area contributed by atoms with E-state index in [9.17, 15) is 4.79 Å². The standard InChI is InChI=1S/C20H23ClN2O2/c1-14-12-15(2)19(17(21)13-14)22-8-10-23(11-9-22)20(24)16-6-4-5-7-18(16)25-3/h4-7,12-13H,8-11H2,1-3H3. The SMILES string of the molecule is COc1ccccc1C(=O)N1CCN(c2c(C)cc(C)cc2Cl)CC1. The molecule has 0 spiro atoms. The number of anilines is 1. The molecule has 0 radical (unpaired) electrons. The van der Waals surface area contributed by atoms with Crippen molar-refractivity contribution in [1.29, 1.82) is 0 Å². The number of methoxy groups -OCH3 is 1. The van der Waals surface area contributed by atoms with Gasteiger partial charge in [0.05, 0.1) is 23.4 Å². The predicted molar refractivity (Wildman–Crippen MR) is 102 cm³/mol. The molecule has 4 nitrogen and oxygen atoms in total. The van der Waals surface area contributed by atoms with Gasteiger partial charge in [-0.3, -0.25) is 4.79 Å². The second kappa shape index (κ2) is 7.36. The van der Waals surface area contributed by atoms with E-state index < -0.39 is 0 Å². The van der Waals surface area contributed by atoms with Crippen LogP contribution in [-0.4, -0.2) is 44.1 Å². The lowest BCUT2D eigenvalue weighted by atomic mass is 10.1. The summed E-state index contributed by atoms with van der Waals surface area (Å²) < 4.78 is 5.32. The second-order valence-electron chi connectivity index (χ2n) is 6.39. The van der Waals surface area contributed by atoms with Gasteiger partial charge in [-0.15, -0.1) is 0 Å². The number of ether oxygens (including phenoxy) is 1. The zero-order valence-electron chi connectivity index (χ0n) is 14.9. The maximum atomic E-state index is 12.8. The zero-order chi connectivity index (χ0) is 18.0. The Morgan fingerprint density at radius 1 is 1.08 bits per heavy atom. The Morgan fingerprint density at radius 3 is 2.40 bits per heavy atom. The Hall–Kier alpha value is -2.20. The summed E-state index contributed by atoms with van der Waals surface area (Å²) in [7, 11) is 1.59. The summed E-state index contributed by atoms with van der Waals surface area (Å²) in [6.07, 6.45) is 0. The van der Waals surface area contributed by atoms with Gasteiger partial charge in [0, 0.05) is 26.2 Å². The number of amides is 1. The number of benzene rings is 2. The van der Waals surface area contributed by atoms with Gasteiger partial charge in [0.1, 0.15) is 5.75 Å². The van der Waals surface area contributed by atoms with Crippen LogP contribution in [0.1, 0.15) is 21.5 Å². The lowest BCUT2D eigenvalue weighted by Gasteiger charge is -2.37. The minimum absolute atomic E-state index is 0.0174. The average molecular weight is 359 g/mol. The number of hydrogen-bond acceptors (Lipinski definition) is 3. The maximum absolute atomic E-state index is 12.8. The monoisotopic (exact) mass is 358 g/mol.